The van der Waals surface area contributed by atoms with Crippen molar-refractivity contribution >= 4 is 14.0 Å². The number of hydrogen-bond donors (Lipinski definition) is 1. The Labute approximate surface area is 159 Å². The zero-order valence-electron chi connectivity index (χ0n) is 17.2. The van der Waals surface area contributed by atoms with E-state index >= 15 is 0 Å². The molecule has 1 aromatic rings. The van der Waals surface area contributed by atoms with E-state index < -0.39 is 13.9 Å². The second-order valence-electron chi connectivity index (χ2n) is 9.78. The summed E-state index contributed by atoms with van der Waals surface area (Å²) in [5.41, 5.74) is 2.53. The molecule has 26 heavy (non-hydrogen) atoms. The maximum absolute atomic E-state index is 11.4. The first-order valence-corrected chi connectivity index (χ1v) is 12.8. The Balaban J connectivity index is 1.72. The molecule has 2 fully saturated rings. The summed E-state index contributed by atoms with van der Waals surface area (Å²) in [4.78, 5) is 4.60. The fourth-order valence-electron chi connectivity index (χ4n) is 4.18. The van der Waals surface area contributed by atoms with Gasteiger partial charge in [0.25, 0.3) is 8.32 Å². The van der Waals surface area contributed by atoms with Crippen LogP contribution in [0.1, 0.15) is 57.8 Å². The van der Waals surface area contributed by atoms with Gasteiger partial charge < -0.3 is 9.63 Å². The summed E-state index contributed by atoms with van der Waals surface area (Å²) in [6, 6.07) is 6.06. The van der Waals surface area contributed by atoms with E-state index in [-0.39, 0.29) is 11.0 Å². The Kier molecular flexibility index (Phi) is 5.08. The molecule has 1 N–H and O–H groups in total. The van der Waals surface area contributed by atoms with Gasteiger partial charge >= 0.3 is 0 Å². The molecule has 0 aliphatic heterocycles. The molecule has 2 aliphatic carbocycles. The zero-order valence-corrected chi connectivity index (χ0v) is 18.2. The molecule has 2 saturated carbocycles. The normalized spacial score (nSPS) is 30.7. The van der Waals surface area contributed by atoms with E-state index in [1.807, 2.05) is 25.1 Å². The third kappa shape index (κ3) is 3.74. The third-order valence-electron chi connectivity index (χ3n) is 6.83. The monoisotopic (exact) mass is 374 g/mol. The predicted octanol–water partition coefficient (Wildman–Crippen LogP) is 4.86. The van der Waals surface area contributed by atoms with Crippen LogP contribution in [-0.4, -0.2) is 29.7 Å². The van der Waals surface area contributed by atoms with Crippen LogP contribution in [0.15, 0.2) is 23.4 Å². The Bertz CT molecular complexity index is 695. The minimum atomic E-state index is -1.88. The van der Waals surface area contributed by atoms with Crippen molar-refractivity contribution in [3.8, 4) is 0 Å². The number of hydrogen-bond acceptors (Lipinski definition) is 4. The molecule has 0 spiro atoms. The highest BCUT2D eigenvalue weighted by molar-refractivity contribution is 6.74. The van der Waals surface area contributed by atoms with E-state index in [0.29, 0.717) is 12.3 Å². The van der Waals surface area contributed by atoms with Crippen LogP contribution >= 0.6 is 0 Å². The van der Waals surface area contributed by atoms with Gasteiger partial charge in [-0.15, -0.1) is 5.16 Å². The highest BCUT2D eigenvalue weighted by Crippen LogP contribution is 2.50. The Hall–Kier alpha value is -1.20. The third-order valence-corrected chi connectivity index (χ3v) is 11.0. The van der Waals surface area contributed by atoms with Crippen LogP contribution in [0.2, 0.25) is 18.1 Å². The van der Waals surface area contributed by atoms with Gasteiger partial charge in [-0.3, -0.25) is 4.98 Å². The van der Waals surface area contributed by atoms with Crippen LogP contribution in [0.3, 0.4) is 0 Å². The molecule has 0 unspecified atom stereocenters. The van der Waals surface area contributed by atoms with Crippen molar-refractivity contribution in [3.63, 3.8) is 0 Å². The number of aromatic nitrogens is 1. The van der Waals surface area contributed by atoms with Gasteiger partial charge in [-0.2, -0.15) is 0 Å². The van der Waals surface area contributed by atoms with E-state index in [1.165, 1.54) is 5.71 Å². The largest absolute Gasteiger partial charge is 0.455 e. The van der Waals surface area contributed by atoms with Gasteiger partial charge in [-0.25, -0.2) is 0 Å². The quantitative estimate of drug-likeness (QED) is 0.605. The minimum absolute atomic E-state index is 0.155. The van der Waals surface area contributed by atoms with Crippen molar-refractivity contribution in [2.24, 2.45) is 17.0 Å². The van der Waals surface area contributed by atoms with Gasteiger partial charge in [0, 0.05) is 23.7 Å². The number of aliphatic hydroxyl groups is 1. The van der Waals surface area contributed by atoms with Crippen LogP contribution in [-0.2, 0) is 10.9 Å². The maximum Gasteiger partial charge on any atom is 0.286 e. The SMILES string of the molecule is Cc1cccc(C[C@@]2(O)CC[C@@H]3/C(=N\O[Si](C)(C)C(C)(C)C)CC[C@@H]32)n1. The average Bonchev–Trinajstić information content (AvgIpc) is 3.06. The van der Waals surface area contributed by atoms with Crippen molar-refractivity contribution in [1.82, 2.24) is 4.98 Å². The van der Waals surface area contributed by atoms with Gasteiger partial charge in [0.1, 0.15) is 0 Å². The standard InChI is InChI=1S/C21H34N2O2Si/c1-15-8-7-9-16(22-15)14-21(24)13-12-17-18(21)10-11-19(17)23-25-26(5,6)20(2,3)4/h7-9,17-18,24H,10-14H2,1-6H3/b23-19-/t17-,18-,21-/m0/s1. The van der Waals surface area contributed by atoms with E-state index in [0.717, 1.165) is 37.1 Å². The predicted molar refractivity (Wildman–Crippen MR) is 109 cm³/mol. The summed E-state index contributed by atoms with van der Waals surface area (Å²) >= 11 is 0. The van der Waals surface area contributed by atoms with Gasteiger partial charge in [-0.1, -0.05) is 26.8 Å². The lowest BCUT2D eigenvalue weighted by atomic mass is 9.84. The number of rotatable bonds is 4. The summed E-state index contributed by atoms with van der Waals surface area (Å²) in [5, 5.41) is 16.2. The maximum atomic E-state index is 11.4. The van der Waals surface area contributed by atoms with Crippen molar-refractivity contribution in [3.05, 3.63) is 29.6 Å². The van der Waals surface area contributed by atoms with E-state index in [4.69, 9.17) is 4.53 Å². The molecule has 0 amide bonds. The molecule has 3 rings (SSSR count). The number of oxime groups is 1. The van der Waals surface area contributed by atoms with Crippen molar-refractivity contribution in [1.29, 1.82) is 0 Å². The van der Waals surface area contributed by atoms with E-state index in [1.54, 1.807) is 0 Å². The molecule has 0 saturated heterocycles. The zero-order chi connectivity index (χ0) is 19.2. The van der Waals surface area contributed by atoms with Gasteiger partial charge in [0.15, 0.2) is 0 Å². The van der Waals surface area contributed by atoms with E-state index in [2.05, 4.69) is 44.0 Å². The number of pyridine rings is 1. The van der Waals surface area contributed by atoms with Gasteiger partial charge in [-0.05, 0) is 68.8 Å². The molecule has 4 nitrogen and oxygen atoms in total. The first-order chi connectivity index (χ1) is 12.0. The Morgan fingerprint density at radius 2 is 2.04 bits per heavy atom. The van der Waals surface area contributed by atoms with Crippen LogP contribution in [0, 0.1) is 18.8 Å². The summed E-state index contributed by atoms with van der Waals surface area (Å²) in [5.74, 6) is 0.654. The lowest BCUT2D eigenvalue weighted by Crippen LogP contribution is -2.39. The van der Waals surface area contributed by atoms with Crippen molar-refractivity contribution in [2.75, 3.05) is 0 Å². The summed E-state index contributed by atoms with van der Waals surface area (Å²) in [6.07, 6.45) is 4.44. The first kappa shape index (κ1) is 19.6. The van der Waals surface area contributed by atoms with Crippen LogP contribution in [0.25, 0.3) is 0 Å². The van der Waals surface area contributed by atoms with E-state index in [9.17, 15) is 5.11 Å². The molecular formula is C21H34N2O2Si. The summed E-state index contributed by atoms with van der Waals surface area (Å²) in [6.45, 7) is 13.2. The van der Waals surface area contributed by atoms with Crippen LogP contribution < -0.4 is 0 Å². The average molecular weight is 375 g/mol. The lowest BCUT2D eigenvalue weighted by molar-refractivity contribution is -0.00119. The Morgan fingerprint density at radius 3 is 2.69 bits per heavy atom. The molecule has 1 heterocycles. The number of aryl methyl sites for hydroxylation is 1. The lowest BCUT2D eigenvalue weighted by Gasteiger charge is -2.33. The molecule has 5 heteroatoms. The second-order valence-corrected chi connectivity index (χ2v) is 14.5. The van der Waals surface area contributed by atoms with Crippen molar-refractivity contribution in [2.45, 2.75) is 83.5 Å². The molecule has 3 atom stereocenters. The molecular weight excluding hydrogens is 340 g/mol. The van der Waals surface area contributed by atoms with Crippen LogP contribution in [0.4, 0.5) is 0 Å². The smallest absolute Gasteiger partial charge is 0.286 e. The molecule has 0 radical (unpaired) electrons. The number of nitrogens with zero attached hydrogens (tertiary/aromatic N) is 2. The van der Waals surface area contributed by atoms with Gasteiger partial charge in [0.05, 0.1) is 11.3 Å². The molecule has 1 aromatic heterocycles. The number of fused-ring (bicyclic) bond motifs is 1. The topological polar surface area (TPSA) is 54.7 Å². The summed E-state index contributed by atoms with van der Waals surface area (Å²) < 4.78 is 6.12. The van der Waals surface area contributed by atoms with Crippen LogP contribution in [0.5, 0.6) is 0 Å². The second kappa shape index (κ2) is 6.75. The first-order valence-electron chi connectivity index (χ1n) is 9.92. The highest BCUT2D eigenvalue weighted by atomic mass is 28.4. The Morgan fingerprint density at radius 1 is 1.31 bits per heavy atom. The highest BCUT2D eigenvalue weighted by Gasteiger charge is 2.52. The molecule has 0 aromatic carbocycles. The molecule has 144 valence electrons. The molecule has 2 aliphatic rings. The van der Waals surface area contributed by atoms with Gasteiger partial charge in [0.2, 0.25) is 0 Å². The fraction of sp³-hybridized carbons (Fsp3) is 0.714. The minimum Gasteiger partial charge on any atom is -0.455 e. The molecule has 0 bridgehead atoms. The van der Waals surface area contributed by atoms with Crippen molar-refractivity contribution < 1.29 is 9.63 Å². The summed E-state index contributed by atoms with van der Waals surface area (Å²) in [7, 11) is -1.88. The fourth-order valence-corrected chi connectivity index (χ4v) is 4.80.